The summed E-state index contributed by atoms with van der Waals surface area (Å²) in [6.45, 7) is 12.4. The van der Waals surface area contributed by atoms with Gasteiger partial charge < -0.3 is 9.30 Å². The zero-order valence-electron chi connectivity index (χ0n) is 31.4. The molecule has 0 aliphatic heterocycles. The molecule has 51 heavy (non-hydrogen) atoms. The molecule has 0 radical (unpaired) electrons. The van der Waals surface area contributed by atoms with E-state index in [0.717, 1.165) is 38.5 Å². The van der Waals surface area contributed by atoms with Crippen molar-refractivity contribution in [3.63, 3.8) is 0 Å². The van der Waals surface area contributed by atoms with E-state index in [4.69, 9.17) is 12.5 Å². The van der Waals surface area contributed by atoms with E-state index in [1.165, 1.54) is 5.56 Å². The van der Waals surface area contributed by atoms with Gasteiger partial charge in [-0.25, -0.2) is 4.98 Å². The van der Waals surface area contributed by atoms with Crippen LogP contribution in [0.2, 0.25) is 0 Å². The maximum absolute atomic E-state index is 8.91. The third-order valence-corrected chi connectivity index (χ3v) is 8.67. The number of fused-ring (bicyclic) bond motifs is 4. The summed E-state index contributed by atoms with van der Waals surface area (Å²) in [6, 6.07) is 41.0. The topological polar surface area (TPSA) is 48.8 Å². The minimum atomic E-state index is -1.57. The summed E-state index contributed by atoms with van der Waals surface area (Å²) in [5, 5.41) is 2.03. The molecule has 0 saturated heterocycles. The molecule has 0 aliphatic carbocycles. The van der Waals surface area contributed by atoms with Crippen LogP contribution in [-0.4, -0.2) is 19.1 Å². The Balaban J connectivity index is 0.00000435. The number of hydrogen-bond acceptors (Lipinski definition) is 3. The molecule has 0 bridgehead atoms. The summed E-state index contributed by atoms with van der Waals surface area (Å²) in [5.74, 6) is 2.14. The number of imidazole rings is 1. The fourth-order valence-electron chi connectivity index (χ4n) is 6.39. The zero-order chi connectivity index (χ0) is 36.4. The molecule has 0 saturated carbocycles. The fourth-order valence-corrected chi connectivity index (χ4v) is 6.39. The number of aromatic nitrogens is 5. The molecule has 0 aliphatic rings. The molecule has 0 N–H and O–H groups in total. The first kappa shape index (κ1) is 31.9. The summed E-state index contributed by atoms with van der Waals surface area (Å²) in [4.78, 5) is 9.39. The van der Waals surface area contributed by atoms with Gasteiger partial charge in [0.15, 0.2) is 0 Å². The van der Waals surface area contributed by atoms with Gasteiger partial charge in [-0.05, 0) is 69.8 Å². The van der Waals surface area contributed by atoms with Crippen LogP contribution in [0.15, 0.2) is 116 Å². The largest absolute Gasteiger partial charge is 0.522 e. The third-order valence-electron chi connectivity index (χ3n) is 8.67. The second-order valence-electron chi connectivity index (χ2n) is 14.6. The molecule has 8 rings (SSSR count). The van der Waals surface area contributed by atoms with Crippen molar-refractivity contribution in [2.24, 2.45) is 5.41 Å². The van der Waals surface area contributed by atoms with Crippen LogP contribution in [0, 0.1) is 23.9 Å². The first-order valence-corrected chi connectivity index (χ1v) is 16.8. The van der Waals surface area contributed by atoms with Crippen LogP contribution in [0.4, 0.5) is 0 Å². The molecule has 4 heterocycles. The van der Waals surface area contributed by atoms with Crippen LogP contribution < -0.4 is 9.30 Å². The molecule has 258 valence electrons. The number of para-hydroxylation sites is 3. The van der Waals surface area contributed by atoms with Crippen molar-refractivity contribution in [3.8, 4) is 28.8 Å². The van der Waals surface area contributed by atoms with Gasteiger partial charge in [0, 0.05) is 41.3 Å². The first-order chi connectivity index (χ1) is 24.8. The normalized spacial score (nSPS) is 12.9. The van der Waals surface area contributed by atoms with Gasteiger partial charge in [0.2, 0.25) is 0 Å². The summed E-state index contributed by atoms with van der Waals surface area (Å²) in [7, 11) is 0. The van der Waals surface area contributed by atoms with Gasteiger partial charge in [0.1, 0.15) is 5.82 Å². The Kier molecular flexibility index (Phi) is 8.28. The molecular weight excluding hydrogens is 810 g/mol. The molecule has 0 fully saturated rings. The summed E-state index contributed by atoms with van der Waals surface area (Å²) >= 11 is 0. The van der Waals surface area contributed by atoms with E-state index in [9.17, 15) is 0 Å². The average molecular weight is 851 g/mol. The molecule has 8 aromatic rings. The maximum Gasteiger partial charge on any atom is 0.269 e. The number of benzene rings is 4. The Hall–Kier alpha value is -5.06. The molecule has 4 aromatic carbocycles. The Labute approximate surface area is 316 Å². The minimum Gasteiger partial charge on any atom is -0.522 e. The number of rotatable bonds is 6. The van der Waals surface area contributed by atoms with Crippen molar-refractivity contribution in [3.05, 3.63) is 145 Å². The van der Waals surface area contributed by atoms with Gasteiger partial charge in [-0.1, -0.05) is 108 Å². The molecular formula is C44H39N5OPt-2. The zero-order valence-corrected chi connectivity index (χ0v) is 31.7. The van der Waals surface area contributed by atoms with E-state index >= 15 is 0 Å². The van der Waals surface area contributed by atoms with E-state index in [1.54, 1.807) is 24.5 Å². The van der Waals surface area contributed by atoms with Crippen LogP contribution in [0.3, 0.4) is 0 Å². The van der Waals surface area contributed by atoms with Crippen molar-refractivity contribution < 1.29 is 33.1 Å². The van der Waals surface area contributed by atoms with Gasteiger partial charge in [-0.3, -0.25) is 14.1 Å². The molecule has 0 amide bonds. The summed E-state index contributed by atoms with van der Waals surface area (Å²) < 4.78 is 30.3. The average Bonchev–Trinajstić information content (AvgIpc) is 3.67. The van der Waals surface area contributed by atoms with E-state index < -0.39 is 11.8 Å². The molecule has 4 aromatic heterocycles. The van der Waals surface area contributed by atoms with Crippen LogP contribution in [0.1, 0.15) is 55.4 Å². The number of nitrogens with zero attached hydrogens (tertiary/aromatic N) is 5. The van der Waals surface area contributed by atoms with E-state index in [0.29, 0.717) is 28.7 Å². The Morgan fingerprint density at radius 2 is 1.49 bits per heavy atom. The molecule has 0 spiro atoms. The fraction of sp³-hybridized carbons (Fsp3) is 0.205. The molecule has 6 nitrogen and oxygen atoms in total. The SMILES string of the molecule is [2H]C([2H])(c1ccnc(-n2c3[c-]c(Oc4[c-]c(-n5[c-][n+](-c6cccc(C(C)(C)C)c6)c6ccccc65)ncc4)ccc3c3ccccc32)c1)C(C)(C)C.[Pt]. The van der Waals surface area contributed by atoms with Crippen LogP contribution in [-0.2, 0) is 32.9 Å². The van der Waals surface area contributed by atoms with E-state index in [2.05, 4.69) is 91.2 Å². The van der Waals surface area contributed by atoms with Gasteiger partial charge in [-0.15, -0.1) is 17.5 Å². The minimum absolute atomic E-state index is 0. The van der Waals surface area contributed by atoms with Gasteiger partial charge >= 0.3 is 0 Å². The standard InChI is InChI=1S/C44H39N5O.Pt/c1-43(2,3)28-30-20-22-46-42(24-30)49-37-15-8-7-14-35(37)36-19-18-33(26-40(36)49)50-34-21-23-45-41(27-34)48-29-47(38-16-9-10-17-39(38)48)32-13-11-12-31(25-32)44(4,5)6;/h7-25H,28H2,1-6H3;/q-2;/i28D2;. The number of hydrogen-bond donors (Lipinski definition) is 0. The quantitative estimate of drug-likeness (QED) is 0.124. The monoisotopic (exact) mass is 850 g/mol. The molecule has 7 heteroatoms. The predicted octanol–water partition coefficient (Wildman–Crippen LogP) is 9.87. The molecule has 0 unspecified atom stereocenters. The van der Waals surface area contributed by atoms with E-state index in [-0.39, 0.29) is 26.5 Å². The summed E-state index contributed by atoms with van der Waals surface area (Å²) in [5.41, 5.74) is 5.88. The summed E-state index contributed by atoms with van der Waals surface area (Å²) in [6.07, 6.45) is 5.33. The Bertz CT molecular complexity index is 2630. The Morgan fingerprint density at radius 3 is 2.29 bits per heavy atom. The van der Waals surface area contributed by atoms with E-state index in [1.807, 2.05) is 78.4 Å². The van der Waals surface area contributed by atoms with Crippen molar-refractivity contribution in [1.82, 2.24) is 19.1 Å². The van der Waals surface area contributed by atoms with Crippen LogP contribution in [0.25, 0.3) is 50.2 Å². The van der Waals surface area contributed by atoms with Gasteiger partial charge in [0.25, 0.3) is 6.33 Å². The first-order valence-electron chi connectivity index (χ1n) is 17.8. The maximum atomic E-state index is 8.91. The second kappa shape index (κ2) is 13.2. The third kappa shape index (κ3) is 6.73. The van der Waals surface area contributed by atoms with Crippen molar-refractivity contribution >= 4 is 32.8 Å². The molecule has 0 atom stereocenters. The van der Waals surface area contributed by atoms with Crippen molar-refractivity contribution in [1.29, 1.82) is 0 Å². The van der Waals surface area contributed by atoms with Crippen LogP contribution in [0.5, 0.6) is 11.5 Å². The Morgan fingerprint density at radius 1 is 0.745 bits per heavy atom. The predicted molar refractivity (Wildman–Crippen MR) is 200 cm³/mol. The number of ether oxygens (including phenoxy) is 1. The smallest absolute Gasteiger partial charge is 0.269 e. The van der Waals surface area contributed by atoms with Crippen molar-refractivity contribution in [2.75, 3.05) is 0 Å². The van der Waals surface area contributed by atoms with Crippen LogP contribution >= 0.6 is 0 Å². The van der Waals surface area contributed by atoms with Gasteiger partial charge in [-0.2, -0.15) is 18.2 Å². The van der Waals surface area contributed by atoms with Crippen molar-refractivity contribution in [2.45, 2.75) is 53.3 Å². The van der Waals surface area contributed by atoms with Gasteiger partial charge in [0.05, 0.1) is 22.5 Å². The number of pyridine rings is 2. The second-order valence-corrected chi connectivity index (χ2v) is 14.6.